The normalized spacial score (nSPS) is 10.8. The predicted molar refractivity (Wildman–Crippen MR) is 114 cm³/mol. The summed E-state index contributed by atoms with van der Waals surface area (Å²) in [5, 5.41) is 24.3. The van der Waals surface area contributed by atoms with Gasteiger partial charge in [0, 0.05) is 18.6 Å². The topological polar surface area (TPSA) is 129 Å². The van der Waals surface area contributed by atoms with Crippen LogP contribution in [0, 0.1) is 0 Å². The average Bonchev–Trinajstić information content (AvgIpc) is 3.18. The molecule has 2 heterocycles. The third-order valence-electron chi connectivity index (χ3n) is 4.17. The molecule has 0 bridgehead atoms. The van der Waals surface area contributed by atoms with Gasteiger partial charge in [0.2, 0.25) is 11.3 Å². The molecule has 0 aliphatic heterocycles. The molecule has 0 aliphatic rings. The Hall–Kier alpha value is -3.73. The second-order valence-electron chi connectivity index (χ2n) is 6.46. The summed E-state index contributed by atoms with van der Waals surface area (Å²) in [6.07, 6.45) is 0. The van der Waals surface area contributed by atoms with Crippen LogP contribution in [0.4, 0.5) is 23.0 Å². The van der Waals surface area contributed by atoms with Crippen LogP contribution >= 0.6 is 15.9 Å². The first-order valence-electron chi connectivity index (χ1n) is 8.76. The fourth-order valence-corrected chi connectivity index (χ4v) is 3.07. The number of halogens is 1. The summed E-state index contributed by atoms with van der Waals surface area (Å²) >= 11 is 3.48. The van der Waals surface area contributed by atoms with E-state index in [0.29, 0.717) is 5.82 Å². The molecule has 11 heteroatoms. The van der Waals surface area contributed by atoms with Gasteiger partial charge in [-0.1, -0.05) is 18.2 Å². The van der Waals surface area contributed by atoms with Crippen LogP contribution < -0.4 is 10.6 Å². The van der Waals surface area contributed by atoms with Gasteiger partial charge in [0.25, 0.3) is 5.91 Å². The Morgan fingerprint density at radius 3 is 2.20 bits per heavy atom. The standard InChI is InChI=1S/C19H16BrN7O3/c1-27(2)19(29)10-6-5-9-13(14(10)28)22-16-15(21-12-8-4-3-7-11(12)20)23-17-18(24-16)26-30-25-17/h3-9,28H,1-2H3,(H,21,23,25)(H,22,24,26). The molecule has 10 nitrogen and oxygen atoms in total. The van der Waals surface area contributed by atoms with E-state index in [4.69, 9.17) is 4.63 Å². The van der Waals surface area contributed by atoms with Crippen LogP contribution in [0.5, 0.6) is 5.75 Å². The number of fused-ring (bicyclic) bond motifs is 1. The Morgan fingerprint density at radius 1 is 0.967 bits per heavy atom. The zero-order valence-corrected chi connectivity index (χ0v) is 17.5. The second-order valence-corrected chi connectivity index (χ2v) is 7.32. The van der Waals surface area contributed by atoms with Crippen molar-refractivity contribution in [2.75, 3.05) is 24.7 Å². The fraction of sp³-hybridized carbons (Fsp3) is 0.105. The zero-order valence-electron chi connectivity index (χ0n) is 15.9. The van der Waals surface area contributed by atoms with Gasteiger partial charge < -0.3 is 20.6 Å². The van der Waals surface area contributed by atoms with Crippen molar-refractivity contribution >= 4 is 56.1 Å². The lowest BCUT2D eigenvalue weighted by atomic mass is 10.1. The van der Waals surface area contributed by atoms with E-state index in [0.717, 1.165) is 10.2 Å². The predicted octanol–water partition coefficient (Wildman–Crippen LogP) is 3.67. The number of para-hydroxylation sites is 2. The van der Waals surface area contributed by atoms with Gasteiger partial charge in [-0.15, -0.1) is 0 Å². The minimum atomic E-state index is -0.329. The Morgan fingerprint density at radius 2 is 1.57 bits per heavy atom. The van der Waals surface area contributed by atoms with Gasteiger partial charge >= 0.3 is 0 Å². The maximum absolute atomic E-state index is 12.3. The molecule has 0 saturated carbocycles. The monoisotopic (exact) mass is 469 g/mol. The van der Waals surface area contributed by atoms with Crippen LogP contribution in [0.15, 0.2) is 51.6 Å². The van der Waals surface area contributed by atoms with E-state index in [9.17, 15) is 9.90 Å². The van der Waals surface area contributed by atoms with Crippen LogP contribution in [0.2, 0.25) is 0 Å². The molecule has 0 aliphatic carbocycles. The quantitative estimate of drug-likeness (QED) is 0.374. The van der Waals surface area contributed by atoms with Crippen LogP contribution in [0.3, 0.4) is 0 Å². The van der Waals surface area contributed by atoms with E-state index in [1.807, 2.05) is 24.3 Å². The van der Waals surface area contributed by atoms with Crippen LogP contribution in [0.25, 0.3) is 11.3 Å². The van der Waals surface area contributed by atoms with Crippen molar-refractivity contribution in [3.63, 3.8) is 0 Å². The molecule has 0 unspecified atom stereocenters. The first-order chi connectivity index (χ1) is 14.4. The number of aromatic hydroxyl groups is 1. The zero-order chi connectivity index (χ0) is 21.3. The largest absolute Gasteiger partial charge is 0.505 e. The third-order valence-corrected chi connectivity index (χ3v) is 4.86. The van der Waals surface area contributed by atoms with Gasteiger partial charge in [-0.25, -0.2) is 14.6 Å². The Labute approximate surface area is 179 Å². The second kappa shape index (κ2) is 7.95. The number of nitrogens with zero attached hydrogens (tertiary/aromatic N) is 5. The highest BCUT2D eigenvalue weighted by atomic mass is 79.9. The van der Waals surface area contributed by atoms with Crippen molar-refractivity contribution < 1.29 is 14.5 Å². The van der Waals surface area contributed by atoms with Crippen molar-refractivity contribution in [2.24, 2.45) is 0 Å². The smallest absolute Gasteiger partial charge is 0.257 e. The molecule has 2 aromatic heterocycles. The lowest BCUT2D eigenvalue weighted by molar-refractivity contribution is 0.0824. The molecular formula is C19H16BrN7O3. The van der Waals surface area contributed by atoms with Crippen molar-refractivity contribution in [3.8, 4) is 5.75 Å². The number of carbonyl (C=O) groups is 1. The van der Waals surface area contributed by atoms with E-state index in [1.54, 1.807) is 32.3 Å². The summed E-state index contributed by atoms with van der Waals surface area (Å²) in [5.74, 6) is 0.0562. The third kappa shape index (κ3) is 3.74. The van der Waals surface area contributed by atoms with Gasteiger partial charge in [0.1, 0.15) is 0 Å². The van der Waals surface area contributed by atoms with Gasteiger partial charge in [0.05, 0.1) is 16.9 Å². The molecule has 0 radical (unpaired) electrons. The maximum Gasteiger partial charge on any atom is 0.257 e. The maximum atomic E-state index is 12.3. The molecule has 0 fully saturated rings. The number of nitrogens with one attached hydrogen (secondary N) is 2. The Bertz CT molecular complexity index is 1240. The van der Waals surface area contributed by atoms with Crippen molar-refractivity contribution in [1.29, 1.82) is 0 Å². The van der Waals surface area contributed by atoms with E-state index in [2.05, 4.69) is 46.8 Å². The molecule has 0 atom stereocenters. The Kier molecular flexibility index (Phi) is 5.19. The highest BCUT2D eigenvalue weighted by Gasteiger charge is 2.19. The van der Waals surface area contributed by atoms with Crippen molar-refractivity contribution in [1.82, 2.24) is 25.2 Å². The molecule has 4 aromatic rings. The molecule has 4 rings (SSSR count). The minimum absolute atomic E-state index is 0.155. The summed E-state index contributed by atoms with van der Waals surface area (Å²) in [6.45, 7) is 0. The number of hydrogen-bond acceptors (Lipinski definition) is 9. The summed E-state index contributed by atoms with van der Waals surface area (Å²) in [6, 6.07) is 12.3. The van der Waals surface area contributed by atoms with Crippen molar-refractivity contribution in [2.45, 2.75) is 0 Å². The molecular weight excluding hydrogens is 454 g/mol. The van der Waals surface area contributed by atoms with E-state index >= 15 is 0 Å². The Balaban J connectivity index is 1.76. The van der Waals surface area contributed by atoms with E-state index < -0.39 is 0 Å². The summed E-state index contributed by atoms with van der Waals surface area (Å²) < 4.78 is 5.53. The van der Waals surface area contributed by atoms with Crippen LogP contribution in [-0.2, 0) is 0 Å². The van der Waals surface area contributed by atoms with Crippen LogP contribution in [0.1, 0.15) is 10.4 Å². The minimum Gasteiger partial charge on any atom is -0.505 e. The number of hydrogen-bond donors (Lipinski definition) is 3. The molecule has 152 valence electrons. The van der Waals surface area contributed by atoms with E-state index in [-0.39, 0.29) is 40.0 Å². The van der Waals surface area contributed by atoms with Gasteiger partial charge in [-0.2, -0.15) is 0 Å². The van der Waals surface area contributed by atoms with E-state index in [1.165, 1.54) is 4.90 Å². The summed E-state index contributed by atoms with van der Waals surface area (Å²) in [5.41, 5.74) is 1.59. The highest BCUT2D eigenvalue weighted by Crippen LogP contribution is 2.34. The number of amides is 1. The lowest BCUT2D eigenvalue weighted by Crippen LogP contribution is -2.21. The summed E-state index contributed by atoms with van der Waals surface area (Å²) in [4.78, 5) is 22.5. The van der Waals surface area contributed by atoms with Crippen molar-refractivity contribution in [3.05, 3.63) is 52.5 Å². The SMILES string of the molecule is CN(C)C(=O)c1cccc(Nc2nc3nonc3nc2Nc2ccccc2Br)c1O. The lowest BCUT2D eigenvalue weighted by Gasteiger charge is -2.16. The highest BCUT2D eigenvalue weighted by molar-refractivity contribution is 9.10. The average molecular weight is 470 g/mol. The van der Waals surface area contributed by atoms with Gasteiger partial charge in [-0.3, -0.25) is 4.79 Å². The number of aromatic nitrogens is 4. The number of phenols is 1. The molecule has 0 saturated heterocycles. The number of benzene rings is 2. The molecule has 3 N–H and O–H groups in total. The molecule has 1 amide bonds. The number of phenolic OH excluding ortho intramolecular Hbond substituents is 1. The van der Waals surface area contributed by atoms with Gasteiger partial charge in [-0.05, 0) is 50.5 Å². The van der Waals surface area contributed by atoms with Gasteiger partial charge in [0.15, 0.2) is 17.4 Å². The fourth-order valence-electron chi connectivity index (χ4n) is 2.69. The number of anilines is 4. The molecule has 30 heavy (non-hydrogen) atoms. The van der Waals surface area contributed by atoms with Crippen LogP contribution in [-0.4, -0.2) is 50.3 Å². The number of rotatable bonds is 5. The molecule has 0 spiro atoms. The first kappa shape index (κ1) is 19.6. The first-order valence-corrected chi connectivity index (χ1v) is 9.56. The number of carbonyl (C=O) groups excluding carboxylic acids is 1. The summed E-state index contributed by atoms with van der Waals surface area (Å²) in [7, 11) is 3.22. The molecule has 2 aromatic carbocycles.